The smallest absolute Gasteiger partial charge is 0.271 e. The third-order valence-electron chi connectivity index (χ3n) is 4.60. The zero-order valence-corrected chi connectivity index (χ0v) is 19.8. The van der Waals surface area contributed by atoms with E-state index in [-0.39, 0.29) is 17.3 Å². The number of hydrogen-bond donors (Lipinski definition) is 1. The van der Waals surface area contributed by atoms with E-state index < -0.39 is 4.92 Å². The Morgan fingerprint density at radius 1 is 1.19 bits per heavy atom. The van der Waals surface area contributed by atoms with Crippen LogP contribution < -0.4 is 10.1 Å². The largest absolute Gasteiger partial charge is 0.495 e. The van der Waals surface area contributed by atoms with Gasteiger partial charge in [0, 0.05) is 21.4 Å². The van der Waals surface area contributed by atoms with Gasteiger partial charge < -0.3 is 10.1 Å². The molecule has 0 aliphatic heterocycles. The number of nitro groups is 1. The van der Waals surface area contributed by atoms with E-state index in [0.29, 0.717) is 27.6 Å². The molecule has 0 saturated carbocycles. The van der Waals surface area contributed by atoms with E-state index in [1.807, 2.05) is 53.1 Å². The van der Waals surface area contributed by atoms with Crippen molar-refractivity contribution in [3.8, 4) is 11.4 Å². The molecule has 0 radical (unpaired) electrons. The number of hydrogen-bond acceptors (Lipinski definition) is 6. The molecular formula is C22H17IN4O4S. The Hall–Kier alpha value is -3.12. The van der Waals surface area contributed by atoms with Gasteiger partial charge >= 0.3 is 0 Å². The standard InChI is InChI=1S/C22H17IN4O4S/c1-31-20-5-3-2-4-19(20)26-18-11-10-16(27(29)30)12-17(18)25-22(26)32-13-21(28)24-15-8-6-14(23)7-9-15/h2-12H,13H2,1H3,(H,24,28). The van der Waals surface area contributed by atoms with Gasteiger partial charge in [0.05, 0.1) is 34.5 Å². The fourth-order valence-corrected chi connectivity index (χ4v) is 4.35. The molecule has 0 saturated heterocycles. The molecule has 0 atom stereocenters. The second-order valence-electron chi connectivity index (χ2n) is 6.68. The molecule has 162 valence electrons. The average molecular weight is 560 g/mol. The van der Waals surface area contributed by atoms with Crippen molar-refractivity contribution in [2.75, 3.05) is 18.2 Å². The Balaban J connectivity index is 1.68. The molecule has 8 nitrogen and oxygen atoms in total. The highest BCUT2D eigenvalue weighted by atomic mass is 127. The molecule has 32 heavy (non-hydrogen) atoms. The number of anilines is 1. The molecule has 1 heterocycles. The second-order valence-corrected chi connectivity index (χ2v) is 8.86. The van der Waals surface area contributed by atoms with E-state index in [4.69, 9.17) is 4.74 Å². The molecule has 3 aromatic carbocycles. The molecule has 0 fully saturated rings. The van der Waals surface area contributed by atoms with E-state index in [2.05, 4.69) is 32.9 Å². The van der Waals surface area contributed by atoms with E-state index in [1.165, 1.54) is 23.9 Å². The summed E-state index contributed by atoms with van der Waals surface area (Å²) in [4.78, 5) is 27.9. The van der Waals surface area contributed by atoms with Gasteiger partial charge in [-0.25, -0.2) is 4.98 Å². The van der Waals surface area contributed by atoms with Gasteiger partial charge in [0.1, 0.15) is 5.75 Å². The van der Waals surface area contributed by atoms with Crippen LogP contribution in [0.1, 0.15) is 0 Å². The van der Waals surface area contributed by atoms with Gasteiger partial charge in [-0.2, -0.15) is 0 Å². The van der Waals surface area contributed by atoms with E-state index >= 15 is 0 Å². The lowest BCUT2D eigenvalue weighted by molar-refractivity contribution is -0.384. The van der Waals surface area contributed by atoms with Gasteiger partial charge in [0.15, 0.2) is 5.16 Å². The monoisotopic (exact) mass is 560 g/mol. The lowest BCUT2D eigenvalue weighted by Gasteiger charge is -2.13. The van der Waals surface area contributed by atoms with Crippen molar-refractivity contribution < 1.29 is 14.5 Å². The van der Waals surface area contributed by atoms with Crippen LogP contribution >= 0.6 is 34.4 Å². The zero-order chi connectivity index (χ0) is 22.7. The van der Waals surface area contributed by atoms with Crippen molar-refractivity contribution in [1.82, 2.24) is 9.55 Å². The van der Waals surface area contributed by atoms with Gasteiger partial charge in [-0.05, 0) is 65.1 Å². The summed E-state index contributed by atoms with van der Waals surface area (Å²) in [6, 6.07) is 19.4. The van der Waals surface area contributed by atoms with Crippen LogP contribution in [0.4, 0.5) is 11.4 Å². The minimum Gasteiger partial charge on any atom is -0.495 e. The van der Waals surface area contributed by atoms with Crippen molar-refractivity contribution in [2.45, 2.75) is 5.16 Å². The average Bonchev–Trinajstić information content (AvgIpc) is 3.16. The SMILES string of the molecule is COc1ccccc1-n1c(SCC(=O)Nc2ccc(I)cc2)nc2cc([N+](=O)[O-])ccc21. The maximum atomic E-state index is 12.5. The van der Waals surface area contributed by atoms with Gasteiger partial charge in [0.2, 0.25) is 5.91 Å². The number of carbonyl (C=O) groups is 1. The van der Waals surface area contributed by atoms with E-state index in [1.54, 1.807) is 13.2 Å². The van der Waals surface area contributed by atoms with E-state index in [9.17, 15) is 14.9 Å². The maximum absolute atomic E-state index is 12.5. The minimum atomic E-state index is -0.455. The molecule has 4 rings (SSSR count). The number of methoxy groups -OCH3 is 1. The van der Waals surface area contributed by atoms with Crippen LogP contribution in [0, 0.1) is 13.7 Å². The van der Waals surface area contributed by atoms with Gasteiger partial charge in [-0.1, -0.05) is 23.9 Å². The first-order chi connectivity index (χ1) is 15.5. The van der Waals surface area contributed by atoms with Gasteiger partial charge in [0.25, 0.3) is 5.69 Å². The summed E-state index contributed by atoms with van der Waals surface area (Å²) in [6.45, 7) is 0. The summed E-state index contributed by atoms with van der Waals surface area (Å²) in [5.41, 5.74) is 2.54. The molecule has 0 aliphatic carbocycles. The number of non-ortho nitro benzene ring substituents is 1. The van der Waals surface area contributed by atoms with Crippen LogP contribution in [0.5, 0.6) is 5.75 Å². The summed E-state index contributed by atoms with van der Waals surface area (Å²) in [5, 5.41) is 14.6. The molecule has 0 bridgehead atoms. The number of thioether (sulfide) groups is 1. The molecule has 10 heteroatoms. The molecule has 1 aromatic heterocycles. The summed E-state index contributed by atoms with van der Waals surface area (Å²) in [5.74, 6) is 0.559. The topological polar surface area (TPSA) is 99.3 Å². The van der Waals surface area contributed by atoms with Crippen molar-refractivity contribution >= 4 is 62.7 Å². The number of halogens is 1. The molecule has 1 amide bonds. The number of para-hydroxylation sites is 2. The van der Waals surface area contributed by atoms with Crippen LogP contribution in [0.3, 0.4) is 0 Å². The third-order valence-corrected chi connectivity index (χ3v) is 6.26. The van der Waals surface area contributed by atoms with Crippen molar-refractivity contribution in [3.05, 3.63) is 80.4 Å². The van der Waals surface area contributed by atoms with Gasteiger partial charge in [-0.15, -0.1) is 0 Å². The number of aromatic nitrogens is 2. The fraction of sp³-hybridized carbons (Fsp3) is 0.0909. The number of rotatable bonds is 7. The third kappa shape index (κ3) is 4.70. The van der Waals surface area contributed by atoms with Crippen LogP contribution in [-0.4, -0.2) is 33.2 Å². The lowest BCUT2D eigenvalue weighted by Crippen LogP contribution is -2.14. The van der Waals surface area contributed by atoms with Crippen LogP contribution in [0.15, 0.2) is 71.9 Å². The number of nitrogens with zero attached hydrogens (tertiary/aromatic N) is 3. The molecule has 0 spiro atoms. The number of carbonyl (C=O) groups excluding carboxylic acids is 1. The Labute approximate surface area is 201 Å². The number of ether oxygens (including phenoxy) is 1. The Kier molecular flexibility index (Phi) is 6.61. The summed E-state index contributed by atoms with van der Waals surface area (Å²) >= 11 is 3.45. The highest BCUT2D eigenvalue weighted by Crippen LogP contribution is 2.33. The second kappa shape index (κ2) is 9.57. The maximum Gasteiger partial charge on any atom is 0.271 e. The fourth-order valence-electron chi connectivity index (χ4n) is 3.16. The van der Waals surface area contributed by atoms with E-state index in [0.717, 1.165) is 9.26 Å². The number of imidazole rings is 1. The quantitative estimate of drug-likeness (QED) is 0.143. The Morgan fingerprint density at radius 3 is 2.66 bits per heavy atom. The predicted molar refractivity (Wildman–Crippen MR) is 133 cm³/mol. The number of nitro benzene ring substituents is 1. The predicted octanol–water partition coefficient (Wildman–Crippen LogP) is 5.28. The number of fused-ring (bicyclic) bond motifs is 1. The Morgan fingerprint density at radius 2 is 1.94 bits per heavy atom. The summed E-state index contributed by atoms with van der Waals surface area (Å²) < 4.78 is 8.43. The molecular weight excluding hydrogens is 543 g/mol. The highest BCUT2D eigenvalue weighted by Gasteiger charge is 2.19. The molecule has 0 aliphatic rings. The number of nitrogens with one attached hydrogen (secondary N) is 1. The van der Waals surface area contributed by atoms with Crippen molar-refractivity contribution in [1.29, 1.82) is 0 Å². The number of amides is 1. The Bertz CT molecular complexity index is 1310. The first-order valence-corrected chi connectivity index (χ1v) is 11.5. The van der Waals surface area contributed by atoms with Crippen molar-refractivity contribution in [3.63, 3.8) is 0 Å². The first-order valence-electron chi connectivity index (χ1n) is 9.45. The summed E-state index contributed by atoms with van der Waals surface area (Å²) in [6.07, 6.45) is 0. The zero-order valence-electron chi connectivity index (χ0n) is 16.8. The highest BCUT2D eigenvalue weighted by molar-refractivity contribution is 14.1. The van der Waals surface area contributed by atoms with Crippen LogP contribution in [-0.2, 0) is 4.79 Å². The minimum absolute atomic E-state index is 0.0461. The molecule has 1 N–H and O–H groups in total. The summed E-state index contributed by atoms with van der Waals surface area (Å²) in [7, 11) is 1.57. The first kappa shape index (κ1) is 22.1. The normalized spacial score (nSPS) is 10.8. The molecule has 0 unspecified atom stereocenters. The molecule has 4 aromatic rings. The van der Waals surface area contributed by atoms with Crippen LogP contribution in [0.2, 0.25) is 0 Å². The van der Waals surface area contributed by atoms with Crippen LogP contribution in [0.25, 0.3) is 16.7 Å². The lowest BCUT2D eigenvalue weighted by atomic mass is 10.2. The number of benzene rings is 3. The van der Waals surface area contributed by atoms with Crippen molar-refractivity contribution in [2.24, 2.45) is 0 Å². The van der Waals surface area contributed by atoms with Gasteiger partial charge in [-0.3, -0.25) is 19.5 Å².